The lowest BCUT2D eigenvalue weighted by Crippen LogP contribution is -2.43. The molecule has 1 saturated heterocycles. The Labute approximate surface area is 180 Å². The van der Waals surface area contributed by atoms with Gasteiger partial charge < -0.3 is 10.2 Å². The summed E-state index contributed by atoms with van der Waals surface area (Å²) in [5.74, 6) is -1.06. The molecular formula is C20H19BrN4O5. The molecule has 0 unspecified atom stereocenters. The van der Waals surface area contributed by atoms with Gasteiger partial charge in [0.1, 0.15) is 12.1 Å². The van der Waals surface area contributed by atoms with Crippen molar-refractivity contribution in [2.45, 2.75) is 19.0 Å². The molecule has 1 N–H and O–H groups in total. The van der Waals surface area contributed by atoms with Crippen molar-refractivity contribution in [3.8, 4) is 0 Å². The van der Waals surface area contributed by atoms with Crippen LogP contribution in [0, 0.1) is 10.1 Å². The minimum Gasteiger partial charge on any atom is -0.340 e. The zero-order valence-corrected chi connectivity index (χ0v) is 17.9. The Balaban J connectivity index is 1.76. The molecule has 2 aromatic rings. The summed E-state index contributed by atoms with van der Waals surface area (Å²) in [7, 11) is 1.58. The number of likely N-dealkylation sites (N-methyl/N-ethyl adjacent to an activating group) is 1. The third kappa shape index (κ3) is 4.04. The van der Waals surface area contributed by atoms with Crippen LogP contribution in [0.3, 0.4) is 0 Å². The number of urea groups is 1. The Morgan fingerprint density at radius 3 is 2.60 bits per heavy atom. The van der Waals surface area contributed by atoms with Crippen LogP contribution in [0.5, 0.6) is 0 Å². The van der Waals surface area contributed by atoms with Crippen molar-refractivity contribution < 1.29 is 19.3 Å². The number of nitro groups is 1. The highest BCUT2D eigenvalue weighted by molar-refractivity contribution is 9.10. The highest BCUT2D eigenvalue weighted by Gasteiger charge is 2.50. The number of nitrogens with one attached hydrogen (secondary N) is 1. The van der Waals surface area contributed by atoms with Gasteiger partial charge >= 0.3 is 6.03 Å². The lowest BCUT2D eigenvalue weighted by molar-refractivity contribution is -0.385. The number of imide groups is 1. The summed E-state index contributed by atoms with van der Waals surface area (Å²) in [6.45, 7) is 1.32. The Bertz CT molecular complexity index is 1040. The normalized spacial score (nSPS) is 18.3. The first-order valence-electron chi connectivity index (χ1n) is 9.00. The minimum atomic E-state index is -1.50. The maximum absolute atomic E-state index is 13.0. The van der Waals surface area contributed by atoms with Gasteiger partial charge in [-0.15, -0.1) is 0 Å². The van der Waals surface area contributed by atoms with E-state index in [4.69, 9.17) is 0 Å². The first-order valence-corrected chi connectivity index (χ1v) is 9.79. The van der Waals surface area contributed by atoms with Crippen molar-refractivity contribution in [1.29, 1.82) is 0 Å². The number of halogens is 1. The molecule has 0 radical (unpaired) electrons. The van der Waals surface area contributed by atoms with Gasteiger partial charge in [0.05, 0.1) is 4.92 Å². The van der Waals surface area contributed by atoms with Gasteiger partial charge in [-0.05, 0) is 24.1 Å². The number of hydrogen-bond acceptors (Lipinski definition) is 5. The van der Waals surface area contributed by atoms with Gasteiger partial charge in [-0.2, -0.15) is 0 Å². The highest BCUT2D eigenvalue weighted by atomic mass is 79.9. The summed E-state index contributed by atoms with van der Waals surface area (Å²) in [6.07, 6.45) is 0. The maximum Gasteiger partial charge on any atom is 0.325 e. The predicted octanol–water partition coefficient (Wildman–Crippen LogP) is 2.78. The zero-order valence-electron chi connectivity index (χ0n) is 16.3. The second-order valence-corrected chi connectivity index (χ2v) is 7.95. The molecule has 9 nitrogen and oxygen atoms in total. The lowest BCUT2D eigenvalue weighted by atomic mass is 9.91. The van der Waals surface area contributed by atoms with E-state index in [1.54, 1.807) is 7.05 Å². The van der Waals surface area contributed by atoms with Gasteiger partial charge in [-0.1, -0.05) is 46.3 Å². The molecule has 0 aliphatic carbocycles. The summed E-state index contributed by atoms with van der Waals surface area (Å²) < 4.78 is 0.845. The van der Waals surface area contributed by atoms with Crippen LogP contribution in [0.1, 0.15) is 18.1 Å². The molecule has 1 aliphatic heterocycles. The minimum absolute atomic E-state index is 0.196. The van der Waals surface area contributed by atoms with Crippen LogP contribution in [0.4, 0.5) is 10.5 Å². The predicted molar refractivity (Wildman–Crippen MR) is 111 cm³/mol. The number of carbonyl (C=O) groups is 3. The Morgan fingerprint density at radius 2 is 1.93 bits per heavy atom. The van der Waals surface area contributed by atoms with Crippen LogP contribution in [0.2, 0.25) is 0 Å². The maximum atomic E-state index is 13.0. The number of amides is 4. The Kier molecular flexibility index (Phi) is 5.88. The fourth-order valence-corrected chi connectivity index (χ4v) is 3.60. The molecule has 0 saturated carbocycles. The molecule has 3 rings (SSSR count). The van der Waals surface area contributed by atoms with Crippen molar-refractivity contribution in [2.24, 2.45) is 0 Å². The van der Waals surface area contributed by atoms with Gasteiger partial charge in [0.25, 0.3) is 11.6 Å². The van der Waals surface area contributed by atoms with Gasteiger partial charge in [-0.25, -0.2) is 4.79 Å². The van der Waals surface area contributed by atoms with E-state index in [-0.39, 0.29) is 11.3 Å². The average Bonchev–Trinajstić information content (AvgIpc) is 2.93. The molecule has 0 bridgehead atoms. The van der Waals surface area contributed by atoms with Crippen molar-refractivity contribution >= 4 is 39.5 Å². The molecule has 10 heteroatoms. The van der Waals surface area contributed by atoms with Crippen LogP contribution in [0.25, 0.3) is 0 Å². The van der Waals surface area contributed by atoms with E-state index in [0.29, 0.717) is 6.54 Å². The molecule has 4 amide bonds. The van der Waals surface area contributed by atoms with E-state index in [1.807, 2.05) is 24.3 Å². The van der Waals surface area contributed by atoms with Crippen molar-refractivity contribution in [3.05, 3.63) is 74.2 Å². The van der Waals surface area contributed by atoms with E-state index in [0.717, 1.165) is 14.9 Å². The van der Waals surface area contributed by atoms with E-state index < -0.39 is 34.9 Å². The van der Waals surface area contributed by atoms with Crippen molar-refractivity contribution in [3.63, 3.8) is 0 Å². The second kappa shape index (κ2) is 8.23. The first-order chi connectivity index (χ1) is 14.1. The number of nitro benzene ring substituents is 1. The van der Waals surface area contributed by atoms with Gasteiger partial charge in [-0.3, -0.25) is 24.6 Å². The van der Waals surface area contributed by atoms with Crippen LogP contribution < -0.4 is 5.32 Å². The van der Waals surface area contributed by atoms with Crippen LogP contribution in [0.15, 0.2) is 53.0 Å². The van der Waals surface area contributed by atoms with E-state index in [9.17, 15) is 24.5 Å². The lowest BCUT2D eigenvalue weighted by Gasteiger charge is -2.23. The zero-order chi connectivity index (χ0) is 22.1. The van der Waals surface area contributed by atoms with E-state index >= 15 is 0 Å². The third-order valence-corrected chi connectivity index (χ3v) is 5.77. The fourth-order valence-electron chi connectivity index (χ4n) is 3.19. The topological polar surface area (TPSA) is 113 Å². The van der Waals surface area contributed by atoms with Crippen LogP contribution in [-0.2, 0) is 21.7 Å². The van der Waals surface area contributed by atoms with Gasteiger partial charge in [0, 0.05) is 30.2 Å². The van der Waals surface area contributed by atoms with Crippen molar-refractivity contribution in [1.82, 2.24) is 15.1 Å². The molecule has 0 spiro atoms. The third-order valence-electron chi connectivity index (χ3n) is 4.99. The smallest absolute Gasteiger partial charge is 0.325 e. The quantitative estimate of drug-likeness (QED) is 0.392. The number of hydrogen-bond donors (Lipinski definition) is 1. The summed E-state index contributed by atoms with van der Waals surface area (Å²) in [4.78, 5) is 50.8. The molecule has 2 aromatic carbocycles. The fraction of sp³-hybridized carbons (Fsp3) is 0.250. The van der Waals surface area contributed by atoms with E-state index in [1.165, 1.54) is 36.1 Å². The van der Waals surface area contributed by atoms with Crippen LogP contribution >= 0.6 is 15.9 Å². The number of rotatable bonds is 6. The number of nitrogens with zero attached hydrogens (tertiary/aromatic N) is 3. The Morgan fingerprint density at radius 1 is 1.23 bits per heavy atom. The number of benzene rings is 2. The largest absolute Gasteiger partial charge is 0.340 e. The molecule has 156 valence electrons. The summed E-state index contributed by atoms with van der Waals surface area (Å²) >= 11 is 3.42. The monoisotopic (exact) mass is 474 g/mol. The molecule has 1 fully saturated rings. The number of non-ortho nitro benzene ring substituents is 1. The molecule has 1 heterocycles. The second-order valence-electron chi connectivity index (χ2n) is 7.10. The van der Waals surface area contributed by atoms with Crippen molar-refractivity contribution in [2.75, 3.05) is 13.6 Å². The molecular weight excluding hydrogens is 456 g/mol. The summed E-state index contributed by atoms with van der Waals surface area (Å²) in [6, 6.07) is 12.2. The van der Waals surface area contributed by atoms with Gasteiger partial charge in [0.15, 0.2) is 0 Å². The summed E-state index contributed by atoms with van der Waals surface area (Å²) in [5.41, 5.74) is -0.540. The molecule has 1 aliphatic rings. The summed E-state index contributed by atoms with van der Waals surface area (Å²) in [5, 5.41) is 13.6. The molecule has 30 heavy (non-hydrogen) atoms. The van der Waals surface area contributed by atoms with Gasteiger partial charge in [0.2, 0.25) is 5.91 Å². The standard InChI is InChI=1S/C20H19BrN4O5/c1-20(14-7-5-8-15(10-14)25(29)30)18(27)24(19(28)22-20)12-17(26)23(2)11-13-6-3-4-9-16(13)21/h3-10H,11-12H2,1-2H3,(H,22,28)/t20-/m0/s1. The van der Waals surface area contributed by atoms with E-state index in [2.05, 4.69) is 21.2 Å². The first kappa shape index (κ1) is 21.4. The number of carbonyl (C=O) groups excluding carboxylic acids is 3. The molecule has 0 aromatic heterocycles. The highest BCUT2D eigenvalue weighted by Crippen LogP contribution is 2.31. The average molecular weight is 475 g/mol. The SMILES string of the molecule is CN(Cc1ccccc1Br)C(=O)CN1C(=O)N[C@@](C)(c2cccc([N+](=O)[O-])c2)C1=O. The van der Waals surface area contributed by atoms with Crippen LogP contribution in [-0.4, -0.2) is 46.2 Å². The Hall–Kier alpha value is -3.27. The molecule has 1 atom stereocenters.